The highest BCUT2D eigenvalue weighted by Gasteiger charge is 2.26. The molecular formula is C32H36N4O4. The smallest absolute Gasteiger partial charge is 0.432 e. The van der Waals surface area contributed by atoms with Gasteiger partial charge in [0.05, 0.1) is 29.5 Å². The van der Waals surface area contributed by atoms with Crippen LogP contribution in [-0.2, 0) is 29.6 Å². The molecule has 0 fully saturated rings. The van der Waals surface area contributed by atoms with Crippen molar-refractivity contribution in [1.82, 2.24) is 15.1 Å². The topological polar surface area (TPSA) is 105 Å². The Bertz CT molecular complexity index is 1520. The van der Waals surface area contributed by atoms with E-state index in [9.17, 15) is 14.7 Å². The highest BCUT2D eigenvalue weighted by molar-refractivity contribution is 6.03. The first-order chi connectivity index (χ1) is 19.2. The molecule has 0 aliphatic heterocycles. The third-order valence-corrected chi connectivity index (χ3v) is 7.42. The van der Waals surface area contributed by atoms with E-state index in [0.717, 1.165) is 28.7 Å². The van der Waals surface area contributed by atoms with E-state index in [1.165, 1.54) is 11.1 Å². The van der Waals surface area contributed by atoms with Crippen molar-refractivity contribution in [3.05, 3.63) is 94.7 Å². The summed E-state index contributed by atoms with van der Waals surface area (Å²) in [5, 5.41) is 20.8. The minimum absolute atomic E-state index is 0.0721. The molecule has 1 unspecified atom stereocenters. The molecule has 0 radical (unpaired) electrons. The standard InChI is InChI=1S/C32H36N4O4/c1-32(2,3)23-15-16-24-22(19-23)14-17-25(24)33-30(37)34-26-11-7-13-28-29(26)27(35-36(28)31(38)39)12-8-18-40-20-21-9-5-4-6-10-21/h4-7,9-11,13,15-16,19,25H,8,12,14,17-18,20H2,1-3H3,(H,38,39)(H2,33,34,37). The first-order valence-electron chi connectivity index (χ1n) is 13.8. The molecule has 8 nitrogen and oxygen atoms in total. The number of aryl methyl sites for hydroxylation is 2. The SMILES string of the molecule is CC(C)(C)c1ccc2c(c1)CCC2NC(=O)Nc1cccc2c1c(CCCOCc1ccccc1)nn2C(=O)O. The van der Waals surface area contributed by atoms with Crippen molar-refractivity contribution in [2.75, 3.05) is 11.9 Å². The summed E-state index contributed by atoms with van der Waals surface area (Å²) in [6, 6.07) is 21.3. The molecule has 0 saturated heterocycles. The number of hydrogen-bond acceptors (Lipinski definition) is 4. The van der Waals surface area contributed by atoms with Crippen LogP contribution in [0, 0.1) is 0 Å². The van der Waals surface area contributed by atoms with E-state index < -0.39 is 6.09 Å². The van der Waals surface area contributed by atoms with Gasteiger partial charge in [-0.15, -0.1) is 0 Å². The number of aromatic nitrogens is 2. The lowest BCUT2D eigenvalue weighted by Gasteiger charge is -2.21. The Morgan fingerprint density at radius 3 is 2.62 bits per heavy atom. The van der Waals surface area contributed by atoms with Gasteiger partial charge in [-0.25, -0.2) is 9.59 Å². The second kappa shape index (κ2) is 11.5. The fourth-order valence-electron chi connectivity index (χ4n) is 5.33. The number of hydrogen-bond donors (Lipinski definition) is 3. The first kappa shape index (κ1) is 27.4. The zero-order valence-corrected chi connectivity index (χ0v) is 23.2. The fraction of sp³-hybridized carbons (Fsp3) is 0.344. The van der Waals surface area contributed by atoms with E-state index in [-0.39, 0.29) is 17.5 Å². The zero-order chi connectivity index (χ0) is 28.3. The van der Waals surface area contributed by atoms with E-state index in [2.05, 4.69) is 54.7 Å². The summed E-state index contributed by atoms with van der Waals surface area (Å²) in [5.74, 6) is 0. The van der Waals surface area contributed by atoms with E-state index in [4.69, 9.17) is 4.74 Å². The number of benzene rings is 3. The monoisotopic (exact) mass is 540 g/mol. The average Bonchev–Trinajstić information content (AvgIpc) is 3.50. The van der Waals surface area contributed by atoms with Crippen LogP contribution in [-0.4, -0.2) is 33.6 Å². The lowest BCUT2D eigenvalue weighted by molar-refractivity contribution is 0.118. The summed E-state index contributed by atoms with van der Waals surface area (Å²) in [4.78, 5) is 25.1. The molecular weight excluding hydrogens is 504 g/mol. The van der Waals surface area contributed by atoms with Crippen LogP contribution in [0.15, 0.2) is 66.7 Å². The van der Waals surface area contributed by atoms with Crippen molar-refractivity contribution < 1.29 is 19.4 Å². The summed E-state index contributed by atoms with van der Waals surface area (Å²) in [7, 11) is 0. The number of carbonyl (C=O) groups excluding carboxylic acids is 1. The van der Waals surface area contributed by atoms with Crippen LogP contribution in [0.3, 0.4) is 0 Å². The molecule has 0 spiro atoms. The Morgan fingerprint density at radius 2 is 1.88 bits per heavy atom. The number of ether oxygens (including phenoxy) is 1. The lowest BCUT2D eigenvalue weighted by atomic mass is 9.85. The molecule has 40 heavy (non-hydrogen) atoms. The van der Waals surface area contributed by atoms with Crippen molar-refractivity contribution in [2.24, 2.45) is 0 Å². The number of carboxylic acid groups (broad SMARTS) is 1. The number of amides is 2. The Hall–Kier alpha value is -4.17. The molecule has 0 saturated carbocycles. The quantitative estimate of drug-likeness (QED) is 0.213. The van der Waals surface area contributed by atoms with Crippen molar-refractivity contribution >= 4 is 28.7 Å². The van der Waals surface area contributed by atoms with Gasteiger partial charge in [0.15, 0.2) is 0 Å². The van der Waals surface area contributed by atoms with Crippen LogP contribution in [0.2, 0.25) is 0 Å². The van der Waals surface area contributed by atoms with Crippen LogP contribution in [0.1, 0.15) is 67.6 Å². The van der Waals surface area contributed by atoms with Crippen molar-refractivity contribution in [1.29, 1.82) is 0 Å². The largest absolute Gasteiger partial charge is 0.463 e. The average molecular weight is 541 g/mol. The van der Waals surface area contributed by atoms with Gasteiger partial charge in [0, 0.05) is 12.0 Å². The summed E-state index contributed by atoms with van der Waals surface area (Å²) >= 11 is 0. The zero-order valence-electron chi connectivity index (χ0n) is 23.2. The normalized spacial score (nSPS) is 14.7. The fourth-order valence-corrected chi connectivity index (χ4v) is 5.33. The molecule has 5 rings (SSSR count). The van der Waals surface area contributed by atoms with Gasteiger partial charge in [0.1, 0.15) is 0 Å². The van der Waals surface area contributed by atoms with E-state index in [0.29, 0.717) is 48.3 Å². The molecule has 8 heteroatoms. The summed E-state index contributed by atoms with van der Waals surface area (Å²) in [6.45, 7) is 7.62. The van der Waals surface area contributed by atoms with Gasteiger partial charge in [-0.2, -0.15) is 9.78 Å². The molecule has 1 aliphatic rings. The maximum atomic E-state index is 13.1. The first-order valence-corrected chi connectivity index (χ1v) is 13.8. The number of nitrogens with zero attached hydrogens (tertiary/aromatic N) is 2. The van der Waals surface area contributed by atoms with Crippen LogP contribution in [0.4, 0.5) is 15.3 Å². The molecule has 1 aromatic heterocycles. The van der Waals surface area contributed by atoms with Crippen molar-refractivity contribution in [3.63, 3.8) is 0 Å². The Kier molecular flexibility index (Phi) is 7.89. The Labute approximate surface area is 234 Å². The molecule has 1 aliphatic carbocycles. The van der Waals surface area contributed by atoms with E-state index in [1.807, 2.05) is 30.3 Å². The van der Waals surface area contributed by atoms with Crippen LogP contribution >= 0.6 is 0 Å². The van der Waals surface area contributed by atoms with Gasteiger partial charge in [0.25, 0.3) is 0 Å². The second-order valence-electron chi connectivity index (χ2n) is 11.3. The van der Waals surface area contributed by atoms with Gasteiger partial charge in [-0.05, 0) is 65.5 Å². The van der Waals surface area contributed by atoms with Crippen molar-refractivity contribution in [2.45, 2.75) is 64.5 Å². The number of rotatable bonds is 8. The highest BCUT2D eigenvalue weighted by Crippen LogP contribution is 2.35. The number of carbonyl (C=O) groups is 2. The highest BCUT2D eigenvalue weighted by atomic mass is 16.5. The molecule has 0 bridgehead atoms. The third-order valence-electron chi connectivity index (χ3n) is 7.42. The molecule has 3 N–H and O–H groups in total. The van der Waals surface area contributed by atoms with Gasteiger partial charge in [-0.1, -0.05) is 75.4 Å². The van der Waals surface area contributed by atoms with Gasteiger partial charge in [-0.3, -0.25) is 0 Å². The lowest BCUT2D eigenvalue weighted by Crippen LogP contribution is -2.31. The molecule has 2 amide bonds. The summed E-state index contributed by atoms with van der Waals surface area (Å²) < 4.78 is 6.77. The van der Waals surface area contributed by atoms with Crippen molar-refractivity contribution in [3.8, 4) is 0 Å². The molecule has 1 heterocycles. The number of fused-ring (bicyclic) bond motifs is 2. The molecule has 3 aromatic carbocycles. The number of urea groups is 1. The van der Waals surface area contributed by atoms with Gasteiger partial charge < -0.3 is 20.5 Å². The summed E-state index contributed by atoms with van der Waals surface area (Å²) in [6.07, 6.45) is 1.76. The number of nitrogens with one attached hydrogen (secondary N) is 2. The Morgan fingerprint density at radius 1 is 1.07 bits per heavy atom. The molecule has 1 atom stereocenters. The third kappa shape index (κ3) is 6.02. The minimum atomic E-state index is -1.17. The van der Waals surface area contributed by atoms with Gasteiger partial charge >= 0.3 is 12.1 Å². The van der Waals surface area contributed by atoms with Crippen LogP contribution < -0.4 is 10.6 Å². The summed E-state index contributed by atoms with van der Waals surface area (Å²) in [5.41, 5.74) is 6.46. The van der Waals surface area contributed by atoms with Crippen LogP contribution in [0.25, 0.3) is 10.9 Å². The maximum absolute atomic E-state index is 13.1. The molecule has 4 aromatic rings. The predicted octanol–water partition coefficient (Wildman–Crippen LogP) is 6.82. The minimum Gasteiger partial charge on any atom is -0.463 e. The van der Waals surface area contributed by atoms with Gasteiger partial charge in [0.2, 0.25) is 0 Å². The predicted molar refractivity (Wildman–Crippen MR) is 156 cm³/mol. The van der Waals surface area contributed by atoms with E-state index >= 15 is 0 Å². The molecule has 208 valence electrons. The second-order valence-corrected chi connectivity index (χ2v) is 11.3. The number of anilines is 1. The Balaban J connectivity index is 1.28. The maximum Gasteiger partial charge on any atom is 0.432 e. The van der Waals surface area contributed by atoms with E-state index in [1.54, 1.807) is 18.2 Å². The van der Waals surface area contributed by atoms with Crippen LogP contribution in [0.5, 0.6) is 0 Å².